The van der Waals surface area contributed by atoms with Crippen LogP contribution in [0.4, 0.5) is 0 Å². The SMILES string of the molecule is COc1cc(OC)c(OC)cc1/C=C1\Oc2c(ccc(O)c2CN2CCCC[C@H]2C)C1=O. The van der Waals surface area contributed by atoms with Crippen molar-refractivity contribution in [2.45, 2.75) is 38.8 Å². The zero-order chi connectivity index (χ0) is 22.8. The number of aromatic hydroxyl groups is 1. The van der Waals surface area contributed by atoms with Crippen molar-refractivity contribution < 1.29 is 28.8 Å². The molecule has 4 rings (SSSR count). The van der Waals surface area contributed by atoms with E-state index in [1.54, 1.807) is 51.7 Å². The first-order chi connectivity index (χ1) is 15.5. The minimum Gasteiger partial charge on any atom is -0.507 e. The molecule has 0 amide bonds. The number of Topliss-reactive ketones (excluding diaryl/α,β-unsaturated/α-hetero) is 1. The molecule has 0 radical (unpaired) electrons. The van der Waals surface area contributed by atoms with E-state index >= 15 is 0 Å². The molecule has 1 atom stereocenters. The second-order valence-electron chi connectivity index (χ2n) is 8.14. The molecule has 1 N–H and O–H groups in total. The smallest absolute Gasteiger partial charge is 0.231 e. The average molecular weight is 440 g/mol. The number of piperidine rings is 1. The van der Waals surface area contributed by atoms with E-state index in [1.807, 2.05) is 0 Å². The van der Waals surface area contributed by atoms with Gasteiger partial charge in [-0.2, -0.15) is 0 Å². The van der Waals surface area contributed by atoms with Gasteiger partial charge in [0.05, 0.1) is 32.5 Å². The molecule has 2 aromatic rings. The highest BCUT2D eigenvalue weighted by Gasteiger charge is 2.33. The van der Waals surface area contributed by atoms with Gasteiger partial charge in [0.1, 0.15) is 17.2 Å². The third kappa shape index (κ3) is 4.00. The zero-order valence-electron chi connectivity index (χ0n) is 18.9. The van der Waals surface area contributed by atoms with E-state index in [1.165, 1.54) is 6.42 Å². The Bertz CT molecular complexity index is 1060. The van der Waals surface area contributed by atoms with E-state index in [4.69, 9.17) is 18.9 Å². The second-order valence-corrected chi connectivity index (χ2v) is 8.14. The molecule has 0 unspecified atom stereocenters. The molecule has 170 valence electrons. The zero-order valence-corrected chi connectivity index (χ0v) is 18.9. The predicted molar refractivity (Wildman–Crippen MR) is 121 cm³/mol. The van der Waals surface area contributed by atoms with E-state index in [-0.39, 0.29) is 17.3 Å². The number of likely N-dealkylation sites (tertiary alicyclic amines) is 1. The molecule has 32 heavy (non-hydrogen) atoms. The molecule has 2 aromatic carbocycles. The van der Waals surface area contributed by atoms with Crippen LogP contribution in [0.5, 0.6) is 28.7 Å². The number of allylic oxidation sites excluding steroid dienone is 1. The Labute approximate surface area is 188 Å². The lowest BCUT2D eigenvalue weighted by molar-refractivity contribution is 0.101. The van der Waals surface area contributed by atoms with Crippen LogP contribution in [0, 0.1) is 0 Å². The number of fused-ring (bicyclic) bond motifs is 1. The maximum atomic E-state index is 13.1. The third-order valence-corrected chi connectivity index (χ3v) is 6.24. The lowest BCUT2D eigenvalue weighted by Gasteiger charge is -2.33. The maximum Gasteiger partial charge on any atom is 0.231 e. The normalized spacial score (nSPS) is 19.6. The van der Waals surface area contributed by atoms with Crippen LogP contribution in [0.25, 0.3) is 6.08 Å². The van der Waals surface area contributed by atoms with Gasteiger partial charge in [0.2, 0.25) is 5.78 Å². The summed E-state index contributed by atoms with van der Waals surface area (Å²) in [4.78, 5) is 15.4. The summed E-state index contributed by atoms with van der Waals surface area (Å²) >= 11 is 0. The van der Waals surface area contributed by atoms with Gasteiger partial charge >= 0.3 is 0 Å². The van der Waals surface area contributed by atoms with Crippen molar-refractivity contribution >= 4 is 11.9 Å². The Hall–Kier alpha value is -3.19. The van der Waals surface area contributed by atoms with Gasteiger partial charge in [-0.25, -0.2) is 0 Å². The molecule has 0 spiro atoms. The fourth-order valence-electron chi connectivity index (χ4n) is 4.35. The number of phenols is 1. The summed E-state index contributed by atoms with van der Waals surface area (Å²) in [6.45, 7) is 3.69. The summed E-state index contributed by atoms with van der Waals surface area (Å²) in [6.07, 6.45) is 5.10. The summed E-state index contributed by atoms with van der Waals surface area (Å²) in [6, 6.07) is 7.04. The minimum atomic E-state index is -0.232. The number of ketones is 1. The average Bonchev–Trinajstić information content (AvgIpc) is 3.12. The summed E-state index contributed by atoms with van der Waals surface area (Å²) in [5.41, 5.74) is 1.72. The molecular weight excluding hydrogens is 410 g/mol. The lowest BCUT2D eigenvalue weighted by Crippen LogP contribution is -2.36. The van der Waals surface area contributed by atoms with Gasteiger partial charge in [-0.1, -0.05) is 6.42 Å². The monoisotopic (exact) mass is 439 g/mol. The van der Waals surface area contributed by atoms with Crippen LogP contribution >= 0.6 is 0 Å². The molecule has 0 aliphatic carbocycles. The van der Waals surface area contributed by atoms with Gasteiger partial charge in [0.25, 0.3) is 0 Å². The number of methoxy groups -OCH3 is 3. The Morgan fingerprint density at radius 2 is 1.81 bits per heavy atom. The van der Waals surface area contributed by atoms with Crippen LogP contribution in [0.15, 0.2) is 30.0 Å². The Kier molecular flexibility index (Phi) is 6.28. The number of carbonyl (C=O) groups excluding carboxylic acids is 1. The number of phenolic OH excluding ortho intramolecular Hbond substituents is 1. The number of nitrogens with zero attached hydrogens (tertiary/aromatic N) is 1. The van der Waals surface area contributed by atoms with Crippen LogP contribution in [-0.4, -0.2) is 49.7 Å². The van der Waals surface area contributed by atoms with E-state index in [0.717, 1.165) is 19.4 Å². The number of hydrogen-bond donors (Lipinski definition) is 1. The molecule has 1 saturated heterocycles. The minimum absolute atomic E-state index is 0.138. The fourth-order valence-corrected chi connectivity index (χ4v) is 4.35. The lowest BCUT2D eigenvalue weighted by atomic mass is 10.0. The number of rotatable bonds is 6. The predicted octanol–water partition coefficient (Wildman–Crippen LogP) is 4.41. The van der Waals surface area contributed by atoms with Gasteiger partial charge in [-0.15, -0.1) is 0 Å². The molecule has 7 nitrogen and oxygen atoms in total. The summed E-state index contributed by atoms with van der Waals surface area (Å²) in [5, 5.41) is 10.6. The van der Waals surface area contributed by atoms with Crippen LogP contribution < -0.4 is 18.9 Å². The van der Waals surface area contributed by atoms with Gasteiger partial charge in [0, 0.05) is 24.2 Å². The first-order valence-corrected chi connectivity index (χ1v) is 10.8. The Balaban J connectivity index is 1.70. The highest BCUT2D eigenvalue weighted by atomic mass is 16.5. The van der Waals surface area contributed by atoms with E-state index in [0.29, 0.717) is 52.3 Å². The van der Waals surface area contributed by atoms with Crippen molar-refractivity contribution in [1.29, 1.82) is 0 Å². The van der Waals surface area contributed by atoms with Gasteiger partial charge < -0.3 is 24.1 Å². The molecule has 0 aromatic heterocycles. The van der Waals surface area contributed by atoms with E-state index in [9.17, 15) is 9.90 Å². The number of ether oxygens (including phenoxy) is 4. The molecule has 7 heteroatoms. The molecule has 0 saturated carbocycles. The molecule has 1 fully saturated rings. The number of hydrogen-bond acceptors (Lipinski definition) is 7. The van der Waals surface area contributed by atoms with E-state index in [2.05, 4.69) is 11.8 Å². The van der Waals surface area contributed by atoms with Crippen molar-refractivity contribution in [1.82, 2.24) is 4.90 Å². The molecule has 0 bridgehead atoms. The Morgan fingerprint density at radius 3 is 2.50 bits per heavy atom. The third-order valence-electron chi connectivity index (χ3n) is 6.24. The topological polar surface area (TPSA) is 77.5 Å². The molecule has 2 aliphatic heterocycles. The van der Waals surface area contributed by atoms with E-state index < -0.39 is 0 Å². The highest BCUT2D eigenvalue weighted by Crippen LogP contribution is 2.42. The summed E-state index contributed by atoms with van der Waals surface area (Å²) in [7, 11) is 4.64. The van der Waals surface area contributed by atoms with Crippen molar-refractivity contribution in [2.75, 3.05) is 27.9 Å². The first kappa shape index (κ1) is 22.0. The fraction of sp³-hybridized carbons (Fsp3) is 0.400. The van der Waals surface area contributed by atoms with Crippen molar-refractivity contribution in [2.24, 2.45) is 0 Å². The quantitative estimate of drug-likeness (QED) is 0.668. The Morgan fingerprint density at radius 1 is 1.09 bits per heavy atom. The van der Waals surface area contributed by atoms with Gasteiger partial charge in [-0.3, -0.25) is 9.69 Å². The highest BCUT2D eigenvalue weighted by molar-refractivity contribution is 6.15. The van der Waals surface area contributed by atoms with Crippen LogP contribution in [-0.2, 0) is 6.54 Å². The largest absolute Gasteiger partial charge is 0.507 e. The molecule has 2 aliphatic rings. The van der Waals surface area contributed by atoms with Crippen LogP contribution in [0.3, 0.4) is 0 Å². The van der Waals surface area contributed by atoms with Crippen LogP contribution in [0.1, 0.15) is 47.7 Å². The van der Waals surface area contributed by atoms with Crippen LogP contribution in [0.2, 0.25) is 0 Å². The van der Waals surface area contributed by atoms with Gasteiger partial charge in [0.15, 0.2) is 17.3 Å². The molecular formula is C25H29NO6. The van der Waals surface area contributed by atoms with Crippen molar-refractivity contribution in [3.8, 4) is 28.7 Å². The first-order valence-electron chi connectivity index (χ1n) is 10.8. The van der Waals surface area contributed by atoms with Crippen molar-refractivity contribution in [3.63, 3.8) is 0 Å². The standard InChI is InChI=1S/C25H29NO6/c1-15-7-5-6-10-26(15)14-18-19(27)9-8-17-24(28)23(32-25(17)18)12-16-11-21(30-3)22(31-4)13-20(16)29-2/h8-9,11-13,15,27H,5-7,10,14H2,1-4H3/b23-12-/t15-/m1/s1. The maximum absolute atomic E-state index is 13.1. The van der Waals surface area contributed by atoms with Crippen molar-refractivity contribution in [3.05, 3.63) is 46.7 Å². The second kappa shape index (κ2) is 9.12. The number of carbonyl (C=O) groups is 1. The van der Waals surface area contributed by atoms with Gasteiger partial charge in [-0.05, 0) is 50.6 Å². The number of benzene rings is 2. The summed E-state index contributed by atoms with van der Waals surface area (Å²) < 4.78 is 22.2. The summed E-state index contributed by atoms with van der Waals surface area (Å²) in [5.74, 6) is 2.07. The molecule has 2 heterocycles.